The number of hydrogen-bond acceptors (Lipinski definition) is 0. The molecule has 20 rings (SSSR count). The number of aromatic amines is 2. The molecule has 0 amide bonds. The van der Waals surface area contributed by atoms with Crippen LogP contribution in [0.4, 0.5) is 0 Å². The summed E-state index contributed by atoms with van der Waals surface area (Å²) in [5.41, 5.74) is 36.1. The molecule has 0 fully saturated rings. The molecule has 6 aliphatic rings. The van der Waals surface area contributed by atoms with E-state index in [0.29, 0.717) is 0 Å². The Bertz CT molecular complexity index is 4780. The summed E-state index contributed by atoms with van der Waals surface area (Å²) in [5, 5.41) is 0. The molecule has 0 bridgehead atoms. The molecule has 14 aromatic rings. The van der Waals surface area contributed by atoms with E-state index in [-0.39, 0.29) is 0 Å². The van der Waals surface area contributed by atoms with E-state index >= 15 is 0 Å². The lowest BCUT2D eigenvalue weighted by Gasteiger charge is -2.49. The van der Waals surface area contributed by atoms with Gasteiger partial charge in [-0.15, -0.1) is 0 Å². The standard InChI is InChI=1S/C84H52N2/c1-9-29-61-53(21-1)54-22-2-10-30-62(54)81(61)69-37-17-19-39-71(69)83(65-33-13-5-25-57(65)58-26-6-14-34-66(58)83)75-49-51(41-43-73(75)81)77-45-47-79(85-77)80-48-46-78(86-80)52-42-44-74-76(50-52)84(67-35-15-7-27-59(67)60-28-8-16-36-68(60)84)72-40-20-18-38-70(72)82(74)63-31-11-3-23-55(63)56-24-4-12-32-64(56)82/h1-50,85-86H. The van der Waals surface area contributed by atoms with E-state index in [1.54, 1.807) is 0 Å². The number of hydrogen-bond donors (Lipinski definition) is 2. The number of fused-ring (bicyclic) bond motifs is 32. The van der Waals surface area contributed by atoms with Crippen molar-refractivity contribution >= 4 is 0 Å². The average Bonchev–Trinajstić information content (AvgIpc) is 1.38. The van der Waals surface area contributed by atoms with Crippen LogP contribution in [0.15, 0.2) is 303 Å². The Hall–Kier alpha value is -10.8. The Labute approximate surface area is 499 Å². The van der Waals surface area contributed by atoms with Gasteiger partial charge in [0.2, 0.25) is 0 Å². The molecule has 2 aromatic heterocycles. The normalized spacial score (nSPS) is 15.6. The molecular weight excluding hydrogens is 1040 g/mol. The zero-order valence-electron chi connectivity index (χ0n) is 46.9. The molecule has 6 aliphatic carbocycles. The molecule has 0 radical (unpaired) electrons. The molecule has 0 aliphatic heterocycles. The van der Waals surface area contributed by atoms with Gasteiger partial charge in [-0.25, -0.2) is 0 Å². The fourth-order valence-electron chi connectivity index (χ4n) is 18.3. The lowest BCUT2D eigenvalue weighted by atomic mass is 9.52. The summed E-state index contributed by atoms with van der Waals surface area (Å²) in [6.07, 6.45) is 0. The van der Waals surface area contributed by atoms with Crippen LogP contribution in [0.2, 0.25) is 0 Å². The molecular formula is C84H52N2. The first-order chi connectivity index (χ1) is 42.6. The molecule has 86 heavy (non-hydrogen) atoms. The first-order valence-electron chi connectivity index (χ1n) is 30.3. The minimum absolute atomic E-state index is 0.534. The molecule has 12 aromatic carbocycles. The smallest absolute Gasteiger partial charge is 0.0720 e. The van der Waals surface area contributed by atoms with Gasteiger partial charge in [-0.3, -0.25) is 0 Å². The van der Waals surface area contributed by atoms with Crippen LogP contribution in [-0.2, 0) is 21.7 Å². The largest absolute Gasteiger partial charge is 0.353 e. The van der Waals surface area contributed by atoms with E-state index in [1.165, 1.54) is 134 Å². The van der Waals surface area contributed by atoms with Gasteiger partial charge in [-0.05, 0) is 181 Å². The minimum Gasteiger partial charge on any atom is -0.353 e. The van der Waals surface area contributed by atoms with E-state index in [4.69, 9.17) is 0 Å². The van der Waals surface area contributed by atoms with Gasteiger partial charge in [0.25, 0.3) is 0 Å². The van der Waals surface area contributed by atoms with Gasteiger partial charge in [0, 0.05) is 11.4 Å². The summed E-state index contributed by atoms with van der Waals surface area (Å²) < 4.78 is 0. The van der Waals surface area contributed by atoms with E-state index < -0.39 is 21.7 Å². The van der Waals surface area contributed by atoms with E-state index in [0.717, 1.165) is 33.9 Å². The highest BCUT2D eigenvalue weighted by molar-refractivity contribution is 5.97. The maximum Gasteiger partial charge on any atom is 0.0720 e. The monoisotopic (exact) mass is 1090 g/mol. The molecule has 0 unspecified atom stereocenters. The van der Waals surface area contributed by atoms with E-state index in [9.17, 15) is 0 Å². The third-order valence-electron chi connectivity index (χ3n) is 21.2. The van der Waals surface area contributed by atoms with Crippen LogP contribution in [0.5, 0.6) is 0 Å². The van der Waals surface area contributed by atoms with Crippen molar-refractivity contribution in [3.05, 3.63) is 392 Å². The van der Waals surface area contributed by atoms with Gasteiger partial charge in [0.1, 0.15) is 0 Å². The van der Waals surface area contributed by atoms with Crippen molar-refractivity contribution in [3.63, 3.8) is 0 Å². The Morgan fingerprint density at radius 3 is 0.581 bits per heavy atom. The van der Waals surface area contributed by atoms with Crippen LogP contribution in [0.1, 0.15) is 89.0 Å². The van der Waals surface area contributed by atoms with Gasteiger partial charge >= 0.3 is 0 Å². The van der Waals surface area contributed by atoms with Crippen molar-refractivity contribution < 1.29 is 0 Å². The molecule has 2 nitrogen and oxygen atoms in total. The topological polar surface area (TPSA) is 31.6 Å². The Balaban J connectivity index is 0.769. The van der Waals surface area contributed by atoms with E-state index in [1.807, 2.05) is 0 Å². The summed E-state index contributed by atoms with van der Waals surface area (Å²) in [6.45, 7) is 0. The Morgan fingerprint density at radius 1 is 0.151 bits per heavy atom. The summed E-state index contributed by atoms with van der Waals surface area (Å²) >= 11 is 0. The number of rotatable bonds is 3. The number of H-pyrrole nitrogens is 2. The van der Waals surface area contributed by atoms with Crippen LogP contribution in [-0.4, -0.2) is 9.97 Å². The predicted molar refractivity (Wildman–Crippen MR) is 348 cm³/mol. The molecule has 2 heteroatoms. The van der Waals surface area contributed by atoms with Crippen molar-refractivity contribution in [2.45, 2.75) is 21.7 Å². The van der Waals surface area contributed by atoms with Gasteiger partial charge in [0.15, 0.2) is 0 Å². The van der Waals surface area contributed by atoms with Crippen LogP contribution in [0, 0.1) is 0 Å². The van der Waals surface area contributed by atoms with E-state index in [2.05, 4.69) is 313 Å². The van der Waals surface area contributed by atoms with Crippen LogP contribution in [0.25, 0.3) is 78.4 Å². The van der Waals surface area contributed by atoms with Crippen LogP contribution in [0.3, 0.4) is 0 Å². The predicted octanol–water partition coefficient (Wildman–Crippen LogP) is 19.4. The molecule has 4 spiro atoms. The lowest BCUT2D eigenvalue weighted by Crippen LogP contribution is -2.43. The van der Waals surface area contributed by atoms with Crippen LogP contribution >= 0.6 is 0 Å². The Kier molecular flexibility index (Phi) is 8.96. The SMILES string of the molecule is c1ccc2c(c1)-c1ccccc1C21c2ccccc2C2(c3ccccc3-c3ccccc32)c2cc(-c3ccc(-c4ccc(-c5ccc6c(c5)C5(c7ccccc7-c7ccccc75)c5ccccc5C65c6ccccc6-c6ccccc65)[nH]4)[nH]3)ccc21. The Morgan fingerprint density at radius 2 is 0.337 bits per heavy atom. The van der Waals surface area contributed by atoms with Gasteiger partial charge in [-0.1, -0.05) is 267 Å². The highest BCUT2D eigenvalue weighted by atomic mass is 14.8. The second-order valence-electron chi connectivity index (χ2n) is 24.5. The zero-order chi connectivity index (χ0) is 56.1. The molecule has 2 N–H and O–H groups in total. The maximum absolute atomic E-state index is 3.99. The summed E-state index contributed by atoms with van der Waals surface area (Å²) in [6, 6.07) is 116. The van der Waals surface area contributed by atoms with Crippen molar-refractivity contribution in [2.24, 2.45) is 0 Å². The fourth-order valence-corrected chi connectivity index (χ4v) is 18.3. The van der Waals surface area contributed by atoms with Crippen molar-refractivity contribution in [2.75, 3.05) is 0 Å². The summed E-state index contributed by atoms with van der Waals surface area (Å²) in [5.74, 6) is 0. The van der Waals surface area contributed by atoms with Crippen molar-refractivity contribution in [1.29, 1.82) is 0 Å². The number of nitrogens with one attached hydrogen (secondary N) is 2. The van der Waals surface area contributed by atoms with Crippen molar-refractivity contribution in [1.82, 2.24) is 9.97 Å². The zero-order valence-corrected chi connectivity index (χ0v) is 46.9. The highest BCUT2D eigenvalue weighted by Gasteiger charge is 2.61. The van der Waals surface area contributed by atoms with Gasteiger partial charge in [0.05, 0.1) is 33.0 Å². The fraction of sp³-hybridized carbons (Fsp3) is 0.0476. The minimum atomic E-state index is -0.570. The lowest BCUT2D eigenvalue weighted by molar-refractivity contribution is 0.633. The molecule has 0 atom stereocenters. The molecule has 0 saturated carbocycles. The maximum atomic E-state index is 3.99. The first kappa shape index (κ1) is 46.7. The number of benzene rings is 12. The van der Waals surface area contributed by atoms with Gasteiger partial charge < -0.3 is 9.97 Å². The summed E-state index contributed by atoms with van der Waals surface area (Å²) in [7, 11) is 0. The van der Waals surface area contributed by atoms with Gasteiger partial charge in [-0.2, -0.15) is 0 Å². The second kappa shape index (κ2) is 16.5. The average molecular weight is 1090 g/mol. The number of aromatic nitrogens is 2. The molecule has 2 heterocycles. The van der Waals surface area contributed by atoms with Crippen LogP contribution < -0.4 is 0 Å². The second-order valence-corrected chi connectivity index (χ2v) is 24.5. The molecule has 398 valence electrons. The molecule has 0 saturated heterocycles. The third-order valence-corrected chi connectivity index (χ3v) is 21.2. The summed E-state index contributed by atoms with van der Waals surface area (Å²) in [4.78, 5) is 7.98. The quantitative estimate of drug-likeness (QED) is 0.177. The first-order valence-corrected chi connectivity index (χ1v) is 30.3. The third kappa shape index (κ3) is 5.34. The highest BCUT2D eigenvalue weighted by Crippen LogP contribution is 2.70. The van der Waals surface area contributed by atoms with Crippen molar-refractivity contribution in [3.8, 4) is 78.4 Å².